The van der Waals surface area contributed by atoms with Crippen LogP contribution in [-0.4, -0.2) is 31.6 Å². The van der Waals surface area contributed by atoms with Crippen molar-refractivity contribution < 1.29 is 9.26 Å². The van der Waals surface area contributed by atoms with Crippen LogP contribution < -0.4 is 4.74 Å². The number of nitrogens with zero attached hydrogens (tertiary/aromatic N) is 5. The fourth-order valence-electron chi connectivity index (χ4n) is 3.01. The van der Waals surface area contributed by atoms with Gasteiger partial charge in [0.05, 0.1) is 25.0 Å². The maximum Gasteiger partial charge on any atom is 0.142 e. The summed E-state index contributed by atoms with van der Waals surface area (Å²) in [6.45, 7) is 4.50. The topological polar surface area (TPSA) is 70.9 Å². The molecule has 0 amide bonds. The van der Waals surface area contributed by atoms with Crippen molar-refractivity contribution in [1.29, 1.82) is 0 Å². The van der Waals surface area contributed by atoms with Gasteiger partial charge in [-0.15, -0.1) is 0 Å². The van der Waals surface area contributed by atoms with Crippen LogP contribution in [0.25, 0.3) is 17.1 Å². The summed E-state index contributed by atoms with van der Waals surface area (Å²) in [6.07, 6.45) is 7.41. The number of imidazole rings is 1. The van der Waals surface area contributed by atoms with Crippen molar-refractivity contribution in [2.45, 2.75) is 20.4 Å². The first-order valence-corrected chi connectivity index (χ1v) is 8.28. The van der Waals surface area contributed by atoms with Gasteiger partial charge >= 0.3 is 0 Å². The molecule has 3 heterocycles. The zero-order valence-corrected chi connectivity index (χ0v) is 14.9. The Morgan fingerprint density at radius 2 is 2.04 bits per heavy atom. The molecule has 0 aliphatic rings. The molecule has 3 aromatic heterocycles. The number of methoxy groups -OCH3 is 1. The Bertz CT molecular complexity index is 1010. The summed E-state index contributed by atoms with van der Waals surface area (Å²) in [5, 5.41) is 8.40. The van der Waals surface area contributed by atoms with E-state index >= 15 is 0 Å². The van der Waals surface area contributed by atoms with E-state index in [1.165, 1.54) is 0 Å². The van der Waals surface area contributed by atoms with E-state index in [0.717, 1.165) is 39.8 Å². The van der Waals surface area contributed by atoms with Gasteiger partial charge in [-0.3, -0.25) is 0 Å². The molecule has 132 valence electrons. The normalized spacial score (nSPS) is 11.0. The maximum atomic E-state index is 5.42. The number of hydrogen-bond donors (Lipinski definition) is 0. The molecule has 0 radical (unpaired) electrons. The lowest BCUT2D eigenvalue weighted by atomic mass is 10.1. The van der Waals surface area contributed by atoms with Crippen LogP contribution in [0.15, 0.2) is 53.6 Å². The van der Waals surface area contributed by atoms with Crippen LogP contribution >= 0.6 is 0 Å². The summed E-state index contributed by atoms with van der Waals surface area (Å²) in [4.78, 5) is 4.59. The second-order valence-corrected chi connectivity index (χ2v) is 6.02. The van der Waals surface area contributed by atoms with Crippen molar-refractivity contribution in [2.75, 3.05) is 7.11 Å². The molecule has 7 heteroatoms. The highest BCUT2D eigenvalue weighted by atomic mass is 16.5. The SMILES string of the molecule is COc1ccc(-n2cccn2)c(-c2nccn2Cc2c(C)noc2C)c1. The standard InChI is InChI=1S/C19H19N5O2/c1-13-17(14(2)26-22-13)12-23-10-8-20-19(23)16-11-15(25-3)5-6-18(16)24-9-4-7-21-24/h4-11H,12H2,1-3H3. The Kier molecular flexibility index (Phi) is 4.04. The van der Waals surface area contributed by atoms with Crippen LogP contribution in [0.5, 0.6) is 5.75 Å². The number of benzene rings is 1. The predicted molar refractivity (Wildman–Crippen MR) is 96.4 cm³/mol. The van der Waals surface area contributed by atoms with Gasteiger partial charge in [-0.25, -0.2) is 9.67 Å². The van der Waals surface area contributed by atoms with E-state index in [0.29, 0.717) is 6.54 Å². The van der Waals surface area contributed by atoms with Crippen molar-refractivity contribution in [2.24, 2.45) is 0 Å². The quantitative estimate of drug-likeness (QED) is 0.552. The third-order valence-electron chi connectivity index (χ3n) is 4.42. The second kappa shape index (κ2) is 6.51. The van der Waals surface area contributed by atoms with Gasteiger partial charge in [-0.2, -0.15) is 5.10 Å². The molecule has 4 aromatic rings. The molecular weight excluding hydrogens is 330 g/mol. The lowest BCUT2D eigenvalue weighted by molar-refractivity contribution is 0.392. The highest BCUT2D eigenvalue weighted by molar-refractivity contribution is 5.70. The Morgan fingerprint density at radius 1 is 1.15 bits per heavy atom. The number of hydrogen-bond acceptors (Lipinski definition) is 5. The Labute approximate surface area is 150 Å². The van der Waals surface area contributed by atoms with Crippen LogP contribution in [0.3, 0.4) is 0 Å². The molecule has 0 aliphatic carbocycles. The first-order valence-electron chi connectivity index (χ1n) is 8.28. The summed E-state index contributed by atoms with van der Waals surface area (Å²) >= 11 is 0. The van der Waals surface area contributed by atoms with E-state index in [4.69, 9.17) is 9.26 Å². The Hall–Kier alpha value is -3.35. The fourth-order valence-corrected chi connectivity index (χ4v) is 3.01. The zero-order valence-electron chi connectivity index (χ0n) is 14.9. The molecule has 0 fully saturated rings. The minimum atomic E-state index is 0.631. The minimum Gasteiger partial charge on any atom is -0.497 e. The first kappa shape index (κ1) is 16.1. The van der Waals surface area contributed by atoms with Crippen LogP contribution in [0, 0.1) is 13.8 Å². The van der Waals surface area contributed by atoms with Gasteiger partial charge in [0.25, 0.3) is 0 Å². The van der Waals surface area contributed by atoms with Crippen LogP contribution in [0.2, 0.25) is 0 Å². The van der Waals surface area contributed by atoms with Crippen molar-refractivity contribution in [3.05, 3.63) is 66.1 Å². The molecule has 0 saturated heterocycles. The summed E-state index contributed by atoms with van der Waals surface area (Å²) < 4.78 is 14.6. The smallest absolute Gasteiger partial charge is 0.142 e. The molecule has 0 saturated carbocycles. The monoisotopic (exact) mass is 349 g/mol. The average Bonchev–Trinajstić information content (AvgIpc) is 3.40. The molecule has 0 aliphatic heterocycles. The van der Waals surface area contributed by atoms with E-state index in [1.54, 1.807) is 19.5 Å². The number of aromatic nitrogens is 5. The van der Waals surface area contributed by atoms with Gasteiger partial charge in [-0.1, -0.05) is 5.16 Å². The molecule has 0 bridgehead atoms. The van der Waals surface area contributed by atoms with Crippen molar-refractivity contribution in [3.63, 3.8) is 0 Å². The van der Waals surface area contributed by atoms with E-state index in [-0.39, 0.29) is 0 Å². The minimum absolute atomic E-state index is 0.631. The summed E-state index contributed by atoms with van der Waals surface area (Å²) in [5.74, 6) is 2.41. The van der Waals surface area contributed by atoms with E-state index < -0.39 is 0 Å². The number of aryl methyl sites for hydroxylation is 2. The lowest BCUT2D eigenvalue weighted by Crippen LogP contribution is -2.06. The number of rotatable bonds is 5. The predicted octanol–water partition coefficient (Wildman–Crippen LogP) is 3.40. The summed E-state index contributed by atoms with van der Waals surface area (Å²) in [6, 6.07) is 7.77. The fraction of sp³-hybridized carbons (Fsp3) is 0.211. The summed E-state index contributed by atoms with van der Waals surface area (Å²) in [7, 11) is 1.66. The van der Waals surface area contributed by atoms with Gasteiger partial charge in [0.1, 0.15) is 17.3 Å². The van der Waals surface area contributed by atoms with Gasteiger partial charge < -0.3 is 13.8 Å². The first-order chi connectivity index (χ1) is 12.7. The van der Waals surface area contributed by atoms with Crippen molar-refractivity contribution in [1.82, 2.24) is 24.5 Å². The summed E-state index contributed by atoms with van der Waals surface area (Å²) in [5.41, 5.74) is 3.82. The Balaban J connectivity index is 1.83. The third kappa shape index (κ3) is 2.77. The molecule has 1 aromatic carbocycles. The van der Waals surface area contributed by atoms with Gasteiger partial charge in [0, 0.05) is 35.9 Å². The van der Waals surface area contributed by atoms with Crippen molar-refractivity contribution >= 4 is 0 Å². The maximum absolute atomic E-state index is 5.42. The average molecular weight is 349 g/mol. The zero-order chi connectivity index (χ0) is 18.1. The molecule has 0 N–H and O–H groups in total. The molecule has 7 nitrogen and oxygen atoms in total. The third-order valence-corrected chi connectivity index (χ3v) is 4.42. The van der Waals surface area contributed by atoms with E-state index in [1.807, 2.05) is 55.2 Å². The van der Waals surface area contributed by atoms with E-state index in [9.17, 15) is 0 Å². The van der Waals surface area contributed by atoms with Crippen molar-refractivity contribution in [3.8, 4) is 22.8 Å². The number of ether oxygens (including phenoxy) is 1. The van der Waals surface area contributed by atoms with Crippen LogP contribution in [0.1, 0.15) is 17.0 Å². The molecule has 26 heavy (non-hydrogen) atoms. The van der Waals surface area contributed by atoms with Crippen LogP contribution in [-0.2, 0) is 6.54 Å². The van der Waals surface area contributed by atoms with Gasteiger partial charge in [0.15, 0.2) is 0 Å². The second-order valence-electron chi connectivity index (χ2n) is 6.02. The molecular formula is C19H19N5O2. The molecule has 0 unspecified atom stereocenters. The van der Waals surface area contributed by atoms with Gasteiger partial charge in [-0.05, 0) is 38.1 Å². The highest BCUT2D eigenvalue weighted by Gasteiger charge is 2.17. The molecule has 0 spiro atoms. The highest BCUT2D eigenvalue weighted by Crippen LogP contribution is 2.30. The lowest BCUT2D eigenvalue weighted by Gasteiger charge is -2.13. The molecule has 0 atom stereocenters. The largest absolute Gasteiger partial charge is 0.497 e. The van der Waals surface area contributed by atoms with Crippen LogP contribution in [0.4, 0.5) is 0 Å². The van der Waals surface area contributed by atoms with E-state index in [2.05, 4.69) is 19.8 Å². The Morgan fingerprint density at radius 3 is 2.73 bits per heavy atom. The van der Waals surface area contributed by atoms with Gasteiger partial charge in [0.2, 0.25) is 0 Å². The molecule has 4 rings (SSSR count).